The molecule has 20 heavy (non-hydrogen) atoms. The third kappa shape index (κ3) is 2.52. The molecule has 0 radical (unpaired) electrons. The number of imidazole rings is 1. The quantitative estimate of drug-likeness (QED) is 0.892. The van der Waals surface area contributed by atoms with E-state index >= 15 is 0 Å². The largest absolute Gasteiger partial charge is 0.331 e. The van der Waals surface area contributed by atoms with E-state index in [1.165, 1.54) is 62.3 Å². The Hall–Kier alpha value is -0.830. The summed E-state index contributed by atoms with van der Waals surface area (Å²) in [5, 5.41) is 3.46. The molecule has 1 aliphatic carbocycles. The molecule has 2 aliphatic rings. The van der Waals surface area contributed by atoms with Crippen LogP contribution in [0, 0.1) is 5.41 Å². The molecular weight excluding hydrogens is 246 g/mol. The van der Waals surface area contributed by atoms with Crippen LogP contribution in [0.5, 0.6) is 0 Å². The summed E-state index contributed by atoms with van der Waals surface area (Å²) in [5.41, 5.74) is 3.41. The van der Waals surface area contributed by atoms with Gasteiger partial charge in [-0.1, -0.05) is 26.7 Å². The molecule has 0 spiro atoms. The summed E-state index contributed by atoms with van der Waals surface area (Å²) >= 11 is 0. The van der Waals surface area contributed by atoms with Crippen LogP contribution in [0.25, 0.3) is 0 Å². The van der Waals surface area contributed by atoms with E-state index < -0.39 is 0 Å². The first-order chi connectivity index (χ1) is 9.78. The van der Waals surface area contributed by atoms with Crippen molar-refractivity contribution < 1.29 is 0 Å². The second-order valence-corrected chi connectivity index (χ2v) is 6.75. The van der Waals surface area contributed by atoms with Crippen molar-refractivity contribution >= 4 is 0 Å². The number of fused-ring (bicyclic) bond motifs is 1. The smallest absolute Gasteiger partial charge is 0.109 e. The Bertz CT molecular complexity index is 455. The van der Waals surface area contributed by atoms with Crippen LogP contribution >= 0.6 is 0 Å². The molecule has 2 heterocycles. The Balaban J connectivity index is 1.92. The molecule has 0 saturated heterocycles. The van der Waals surface area contributed by atoms with E-state index in [1.54, 1.807) is 0 Å². The van der Waals surface area contributed by atoms with Crippen molar-refractivity contribution in [1.82, 2.24) is 14.9 Å². The first-order valence-electron chi connectivity index (χ1n) is 8.56. The highest BCUT2D eigenvalue weighted by Crippen LogP contribution is 2.43. The molecule has 1 aromatic heterocycles. The molecule has 3 rings (SSSR count). The summed E-state index contributed by atoms with van der Waals surface area (Å²) in [6, 6.07) is 0. The van der Waals surface area contributed by atoms with Gasteiger partial charge in [0.05, 0.1) is 5.69 Å². The molecule has 1 aliphatic heterocycles. The Morgan fingerprint density at radius 1 is 1.25 bits per heavy atom. The maximum absolute atomic E-state index is 4.95. The molecule has 3 heteroatoms. The fourth-order valence-electron chi connectivity index (χ4n) is 4.11. The number of nitrogens with one attached hydrogen (secondary N) is 1. The molecule has 1 aromatic rings. The lowest BCUT2D eigenvalue weighted by Gasteiger charge is -2.30. The van der Waals surface area contributed by atoms with Gasteiger partial charge in [0, 0.05) is 38.2 Å². The topological polar surface area (TPSA) is 29.9 Å². The van der Waals surface area contributed by atoms with Gasteiger partial charge in [-0.25, -0.2) is 4.98 Å². The molecule has 0 amide bonds. The Morgan fingerprint density at radius 3 is 2.75 bits per heavy atom. The highest BCUT2D eigenvalue weighted by molar-refractivity contribution is 5.21. The fourth-order valence-corrected chi connectivity index (χ4v) is 4.11. The van der Waals surface area contributed by atoms with Gasteiger partial charge in [-0.2, -0.15) is 0 Å². The zero-order valence-corrected chi connectivity index (χ0v) is 13.2. The minimum atomic E-state index is 0.557. The summed E-state index contributed by atoms with van der Waals surface area (Å²) in [6.07, 6.45) is 10.5. The van der Waals surface area contributed by atoms with Crippen molar-refractivity contribution in [1.29, 1.82) is 0 Å². The number of rotatable bonds is 5. The van der Waals surface area contributed by atoms with Gasteiger partial charge in [-0.15, -0.1) is 0 Å². The number of hydrogen-bond donors (Lipinski definition) is 1. The van der Waals surface area contributed by atoms with E-state index in [0.29, 0.717) is 5.41 Å². The molecule has 0 unspecified atom stereocenters. The van der Waals surface area contributed by atoms with Crippen LogP contribution in [0.3, 0.4) is 0 Å². The SMILES string of the molecule is CCCc1nc2c(n1CC1(CC)CCCC1)CCNC2. The van der Waals surface area contributed by atoms with Crippen molar-refractivity contribution in [3.05, 3.63) is 17.2 Å². The average Bonchev–Trinajstić information content (AvgIpc) is 3.07. The molecule has 0 atom stereocenters. The van der Waals surface area contributed by atoms with Crippen LogP contribution < -0.4 is 5.32 Å². The van der Waals surface area contributed by atoms with Gasteiger partial charge in [-0.05, 0) is 31.1 Å². The van der Waals surface area contributed by atoms with Gasteiger partial charge >= 0.3 is 0 Å². The monoisotopic (exact) mass is 275 g/mol. The van der Waals surface area contributed by atoms with Crippen molar-refractivity contribution in [3.63, 3.8) is 0 Å². The van der Waals surface area contributed by atoms with E-state index in [9.17, 15) is 0 Å². The fraction of sp³-hybridized carbons (Fsp3) is 0.824. The van der Waals surface area contributed by atoms with E-state index in [0.717, 1.165) is 25.9 Å². The lowest BCUT2D eigenvalue weighted by atomic mass is 9.83. The summed E-state index contributed by atoms with van der Waals surface area (Å²) in [4.78, 5) is 4.95. The van der Waals surface area contributed by atoms with Crippen molar-refractivity contribution in [2.45, 2.75) is 78.3 Å². The standard InChI is InChI=1S/C17H29N3/c1-3-7-16-19-14-12-18-11-8-15(14)20(16)13-17(4-2)9-5-6-10-17/h18H,3-13H2,1-2H3. The van der Waals surface area contributed by atoms with E-state index in [4.69, 9.17) is 4.98 Å². The van der Waals surface area contributed by atoms with Crippen LogP contribution in [0.4, 0.5) is 0 Å². The molecule has 1 saturated carbocycles. The second kappa shape index (κ2) is 5.88. The maximum Gasteiger partial charge on any atom is 0.109 e. The van der Waals surface area contributed by atoms with Gasteiger partial charge in [-0.3, -0.25) is 0 Å². The van der Waals surface area contributed by atoms with Gasteiger partial charge in [0.1, 0.15) is 5.82 Å². The predicted octanol–water partition coefficient (Wildman–Crippen LogP) is 3.45. The minimum Gasteiger partial charge on any atom is -0.331 e. The minimum absolute atomic E-state index is 0.557. The molecular formula is C17H29N3. The number of hydrogen-bond acceptors (Lipinski definition) is 2. The average molecular weight is 275 g/mol. The van der Waals surface area contributed by atoms with Crippen LogP contribution in [-0.4, -0.2) is 16.1 Å². The summed E-state index contributed by atoms with van der Waals surface area (Å²) in [7, 11) is 0. The van der Waals surface area contributed by atoms with Gasteiger partial charge in [0.25, 0.3) is 0 Å². The van der Waals surface area contributed by atoms with Gasteiger partial charge in [0.2, 0.25) is 0 Å². The summed E-state index contributed by atoms with van der Waals surface area (Å²) < 4.78 is 2.62. The third-order valence-corrected chi connectivity index (χ3v) is 5.45. The van der Waals surface area contributed by atoms with E-state index in [1.807, 2.05) is 0 Å². The molecule has 1 fully saturated rings. The van der Waals surface area contributed by atoms with E-state index in [-0.39, 0.29) is 0 Å². The zero-order valence-electron chi connectivity index (χ0n) is 13.2. The molecule has 3 nitrogen and oxygen atoms in total. The second-order valence-electron chi connectivity index (χ2n) is 6.75. The number of aryl methyl sites for hydroxylation is 1. The molecule has 0 aromatic carbocycles. The van der Waals surface area contributed by atoms with Crippen LogP contribution in [0.1, 0.15) is 69.6 Å². The molecule has 112 valence electrons. The number of aromatic nitrogens is 2. The predicted molar refractivity (Wildman–Crippen MR) is 82.8 cm³/mol. The van der Waals surface area contributed by atoms with Crippen LogP contribution in [0.15, 0.2) is 0 Å². The first-order valence-corrected chi connectivity index (χ1v) is 8.56. The highest BCUT2D eigenvalue weighted by atomic mass is 15.1. The molecule has 0 bridgehead atoms. The molecule has 1 N–H and O–H groups in total. The van der Waals surface area contributed by atoms with Crippen molar-refractivity contribution in [2.24, 2.45) is 5.41 Å². The Morgan fingerprint density at radius 2 is 2.05 bits per heavy atom. The normalized spacial score (nSPS) is 21.1. The lowest BCUT2D eigenvalue weighted by molar-refractivity contribution is 0.231. The van der Waals surface area contributed by atoms with Crippen LogP contribution in [-0.2, 0) is 25.9 Å². The number of nitrogens with zero attached hydrogens (tertiary/aromatic N) is 2. The lowest BCUT2D eigenvalue weighted by Crippen LogP contribution is -2.29. The Kier molecular flexibility index (Phi) is 4.16. The summed E-state index contributed by atoms with van der Waals surface area (Å²) in [6.45, 7) is 7.96. The van der Waals surface area contributed by atoms with Gasteiger partial charge < -0.3 is 9.88 Å². The highest BCUT2D eigenvalue weighted by Gasteiger charge is 2.34. The Labute approximate surface area is 123 Å². The zero-order chi connectivity index (χ0) is 14.0. The van der Waals surface area contributed by atoms with Crippen molar-refractivity contribution in [3.8, 4) is 0 Å². The first kappa shape index (κ1) is 14.1. The van der Waals surface area contributed by atoms with E-state index in [2.05, 4.69) is 23.7 Å². The van der Waals surface area contributed by atoms with Crippen molar-refractivity contribution in [2.75, 3.05) is 6.54 Å². The van der Waals surface area contributed by atoms with Crippen LogP contribution in [0.2, 0.25) is 0 Å². The summed E-state index contributed by atoms with van der Waals surface area (Å²) in [5.74, 6) is 1.35. The van der Waals surface area contributed by atoms with Gasteiger partial charge in [0.15, 0.2) is 0 Å². The maximum atomic E-state index is 4.95. The third-order valence-electron chi connectivity index (χ3n) is 5.45.